The molecule has 130 valence electrons. The van der Waals surface area contributed by atoms with Crippen molar-refractivity contribution in [2.75, 3.05) is 11.9 Å². The van der Waals surface area contributed by atoms with Gasteiger partial charge in [-0.3, -0.25) is 14.9 Å². The second kappa shape index (κ2) is 8.25. The second-order valence-electron chi connectivity index (χ2n) is 5.26. The number of hydrogen-bond donors (Lipinski definition) is 2. The predicted octanol–water partition coefficient (Wildman–Crippen LogP) is 1.93. The normalized spacial score (nSPS) is 10.6. The van der Waals surface area contributed by atoms with Crippen molar-refractivity contribution >= 4 is 28.3 Å². The molecule has 0 saturated carbocycles. The number of furan rings is 1. The molecule has 0 spiro atoms. The molecule has 3 rings (SSSR count). The van der Waals surface area contributed by atoms with Gasteiger partial charge in [-0.1, -0.05) is 0 Å². The highest BCUT2D eigenvalue weighted by Gasteiger charge is 2.12. The third-order valence-electron chi connectivity index (χ3n) is 3.33. The summed E-state index contributed by atoms with van der Waals surface area (Å²) in [5.41, 5.74) is 0.617. The maximum atomic E-state index is 11.9. The average Bonchev–Trinajstić information content (AvgIpc) is 3.34. The summed E-state index contributed by atoms with van der Waals surface area (Å²) < 4.78 is 6.97. The third-order valence-corrected chi connectivity index (χ3v) is 4.14. The van der Waals surface area contributed by atoms with E-state index in [2.05, 4.69) is 20.6 Å². The van der Waals surface area contributed by atoms with Gasteiger partial charge in [-0.05, 0) is 18.6 Å². The fourth-order valence-electron chi connectivity index (χ4n) is 2.15. The average molecular weight is 359 g/mol. The Bertz CT molecular complexity index is 811. The topological polar surface area (TPSA) is 102 Å². The molecule has 0 atom stereocenters. The number of hydrogen-bond acceptors (Lipinski definition) is 6. The quantitative estimate of drug-likeness (QED) is 0.598. The highest BCUT2D eigenvalue weighted by Crippen LogP contribution is 2.17. The Kier molecular flexibility index (Phi) is 5.57. The van der Waals surface area contributed by atoms with Gasteiger partial charge in [0, 0.05) is 30.9 Å². The second-order valence-corrected chi connectivity index (χ2v) is 6.11. The third kappa shape index (κ3) is 5.01. The molecule has 9 heteroatoms. The summed E-state index contributed by atoms with van der Waals surface area (Å²) in [6.07, 6.45) is 7.79. The molecule has 3 aromatic heterocycles. The Labute approximate surface area is 147 Å². The largest absolute Gasteiger partial charge is 0.459 e. The number of nitrogens with zero attached hydrogens (tertiary/aromatic N) is 3. The number of rotatable bonds is 8. The first-order valence-electron chi connectivity index (χ1n) is 7.72. The van der Waals surface area contributed by atoms with E-state index in [9.17, 15) is 9.59 Å². The standard InChI is InChI=1S/C16H17N5O3S/c22-14(18-4-2-6-21-7-5-17-11-21)9-12-10-25-16(19-12)20-15(23)13-3-1-8-24-13/h1,3,5,7-8,10-11H,2,4,6,9H2,(H,18,22)(H,19,20,23). The van der Waals surface area contributed by atoms with Gasteiger partial charge in [-0.2, -0.15) is 0 Å². The summed E-state index contributed by atoms with van der Waals surface area (Å²) in [6.45, 7) is 1.39. The molecule has 0 fully saturated rings. The van der Waals surface area contributed by atoms with Gasteiger partial charge in [0.25, 0.3) is 5.91 Å². The first-order chi connectivity index (χ1) is 12.2. The molecular weight excluding hydrogens is 342 g/mol. The summed E-state index contributed by atoms with van der Waals surface area (Å²) in [5, 5.41) is 7.68. The zero-order chi connectivity index (χ0) is 17.5. The van der Waals surface area contributed by atoms with Crippen LogP contribution in [-0.2, 0) is 17.8 Å². The minimum atomic E-state index is -0.366. The van der Waals surface area contributed by atoms with Crippen molar-refractivity contribution < 1.29 is 14.0 Å². The number of imidazole rings is 1. The number of carbonyl (C=O) groups excluding carboxylic acids is 2. The Hall–Kier alpha value is -2.94. The van der Waals surface area contributed by atoms with Crippen LogP contribution in [0.1, 0.15) is 22.7 Å². The SMILES string of the molecule is O=C(Cc1csc(NC(=O)c2ccco2)n1)NCCCn1ccnc1. The van der Waals surface area contributed by atoms with E-state index in [1.807, 2.05) is 10.8 Å². The number of amides is 2. The molecule has 0 unspecified atom stereocenters. The van der Waals surface area contributed by atoms with Crippen LogP contribution in [-0.4, -0.2) is 32.9 Å². The molecule has 3 heterocycles. The van der Waals surface area contributed by atoms with E-state index in [1.54, 1.807) is 30.0 Å². The van der Waals surface area contributed by atoms with Gasteiger partial charge < -0.3 is 14.3 Å². The molecule has 3 aromatic rings. The molecule has 0 bridgehead atoms. The smallest absolute Gasteiger partial charge is 0.293 e. The number of carbonyl (C=O) groups is 2. The predicted molar refractivity (Wildman–Crippen MR) is 92.3 cm³/mol. The number of aromatic nitrogens is 3. The van der Waals surface area contributed by atoms with Crippen LogP contribution >= 0.6 is 11.3 Å². The minimum absolute atomic E-state index is 0.0974. The van der Waals surface area contributed by atoms with Crippen LogP contribution in [0.3, 0.4) is 0 Å². The van der Waals surface area contributed by atoms with Crippen molar-refractivity contribution in [3.63, 3.8) is 0 Å². The van der Waals surface area contributed by atoms with E-state index >= 15 is 0 Å². The summed E-state index contributed by atoms with van der Waals surface area (Å²) >= 11 is 1.27. The number of aryl methyl sites for hydroxylation is 1. The Morgan fingerprint density at radius 1 is 1.36 bits per heavy atom. The van der Waals surface area contributed by atoms with Crippen LogP contribution < -0.4 is 10.6 Å². The van der Waals surface area contributed by atoms with E-state index < -0.39 is 0 Å². The number of anilines is 1. The molecule has 8 nitrogen and oxygen atoms in total. The summed E-state index contributed by atoms with van der Waals surface area (Å²) in [5.74, 6) is -0.248. The first kappa shape index (κ1) is 16.9. The Balaban J connectivity index is 1.40. The Morgan fingerprint density at radius 3 is 3.04 bits per heavy atom. The lowest BCUT2D eigenvalue weighted by Gasteiger charge is -2.04. The molecule has 0 aliphatic heterocycles. The van der Waals surface area contributed by atoms with E-state index in [0.29, 0.717) is 17.4 Å². The van der Waals surface area contributed by atoms with Crippen LogP contribution in [0.2, 0.25) is 0 Å². The highest BCUT2D eigenvalue weighted by molar-refractivity contribution is 7.14. The lowest BCUT2D eigenvalue weighted by atomic mass is 10.3. The van der Waals surface area contributed by atoms with E-state index in [-0.39, 0.29) is 24.0 Å². The molecule has 0 aromatic carbocycles. The van der Waals surface area contributed by atoms with Gasteiger partial charge in [-0.25, -0.2) is 9.97 Å². The molecule has 0 aliphatic rings. The molecule has 25 heavy (non-hydrogen) atoms. The summed E-state index contributed by atoms with van der Waals surface area (Å²) in [7, 11) is 0. The lowest BCUT2D eigenvalue weighted by molar-refractivity contribution is -0.120. The van der Waals surface area contributed by atoms with Crippen LogP contribution in [0, 0.1) is 0 Å². The van der Waals surface area contributed by atoms with Gasteiger partial charge in [-0.15, -0.1) is 11.3 Å². The molecular formula is C16H17N5O3S. The first-order valence-corrected chi connectivity index (χ1v) is 8.60. The highest BCUT2D eigenvalue weighted by atomic mass is 32.1. The van der Waals surface area contributed by atoms with Crippen LogP contribution in [0.25, 0.3) is 0 Å². The number of nitrogens with one attached hydrogen (secondary N) is 2. The fourth-order valence-corrected chi connectivity index (χ4v) is 2.85. The van der Waals surface area contributed by atoms with Gasteiger partial charge in [0.15, 0.2) is 10.9 Å². The van der Waals surface area contributed by atoms with E-state index in [0.717, 1.165) is 13.0 Å². The molecule has 0 radical (unpaired) electrons. The lowest BCUT2D eigenvalue weighted by Crippen LogP contribution is -2.26. The van der Waals surface area contributed by atoms with Crippen molar-refractivity contribution in [1.29, 1.82) is 0 Å². The zero-order valence-electron chi connectivity index (χ0n) is 13.3. The van der Waals surface area contributed by atoms with Crippen molar-refractivity contribution in [2.24, 2.45) is 0 Å². The van der Waals surface area contributed by atoms with Crippen molar-refractivity contribution in [3.8, 4) is 0 Å². The zero-order valence-corrected chi connectivity index (χ0v) is 14.2. The number of thiazole rings is 1. The van der Waals surface area contributed by atoms with Crippen molar-refractivity contribution in [1.82, 2.24) is 19.9 Å². The molecule has 0 saturated heterocycles. The fraction of sp³-hybridized carbons (Fsp3) is 0.250. The maximum Gasteiger partial charge on any atom is 0.293 e. The van der Waals surface area contributed by atoms with Gasteiger partial charge in [0.05, 0.1) is 24.7 Å². The minimum Gasteiger partial charge on any atom is -0.459 e. The van der Waals surface area contributed by atoms with Crippen molar-refractivity contribution in [3.05, 3.63) is 54.0 Å². The Morgan fingerprint density at radius 2 is 2.28 bits per heavy atom. The van der Waals surface area contributed by atoms with Gasteiger partial charge in [0.2, 0.25) is 5.91 Å². The van der Waals surface area contributed by atoms with E-state index in [4.69, 9.17) is 4.42 Å². The van der Waals surface area contributed by atoms with Crippen LogP contribution in [0.4, 0.5) is 5.13 Å². The monoisotopic (exact) mass is 359 g/mol. The summed E-state index contributed by atoms with van der Waals surface area (Å²) in [6, 6.07) is 3.21. The summed E-state index contributed by atoms with van der Waals surface area (Å²) in [4.78, 5) is 32.0. The van der Waals surface area contributed by atoms with Crippen molar-refractivity contribution in [2.45, 2.75) is 19.4 Å². The van der Waals surface area contributed by atoms with Gasteiger partial charge in [0.1, 0.15) is 0 Å². The van der Waals surface area contributed by atoms with Gasteiger partial charge >= 0.3 is 0 Å². The molecule has 0 aliphatic carbocycles. The van der Waals surface area contributed by atoms with Crippen LogP contribution in [0.15, 0.2) is 46.9 Å². The molecule has 2 amide bonds. The van der Waals surface area contributed by atoms with Crippen LogP contribution in [0.5, 0.6) is 0 Å². The maximum absolute atomic E-state index is 11.9. The molecule has 2 N–H and O–H groups in total. The van der Waals surface area contributed by atoms with E-state index in [1.165, 1.54) is 17.6 Å².